The zero-order valence-electron chi connectivity index (χ0n) is 14.9. The molecule has 0 saturated heterocycles. The van der Waals surface area contributed by atoms with Gasteiger partial charge in [0.25, 0.3) is 5.91 Å². The van der Waals surface area contributed by atoms with Gasteiger partial charge in [-0.3, -0.25) is 4.79 Å². The van der Waals surface area contributed by atoms with E-state index in [2.05, 4.69) is 34.4 Å². The molecule has 132 valence electrons. The maximum absolute atomic E-state index is 12.4. The molecule has 1 amide bonds. The van der Waals surface area contributed by atoms with Crippen molar-refractivity contribution >= 4 is 17.5 Å². The Balaban J connectivity index is 1.64. The Labute approximate surface area is 153 Å². The van der Waals surface area contributed by atoms with Gasteiger partial charge in [0.05, 0.1) is 0 Å². The number of carbonyl (C=O) groups is 1. The summed E-state index contributed by atoms with van der Waals surface area (Å²) >= 11 is 0. The number of nitrogens with one attached hydrogen (secondary N) is 2. The molecule has 0 aliphatic heterocycles. The highest BCUT2D eigenvalue weighted by atomic mass is 16.1. The molecule has 5 nitrogen and oxygen atoms in total. The van der Waals surface area contributed by atoms with Gasteiger partial charge >= 0.3 is 0 Å². The summed E-state index contributed by atoms with van der Waals surface area (Å²) < 4.78 is 0. The molecule has 0 unspecified atom stereocenters. The molecule has 0 saturated carbocycles. The molecule has 1 aromatic heterocycles. The largest absolute Gasteiger partial charge is 0.350 e. The standard InChI is InChI=1S/C21H22N4O/c1-15(2)17-8-10-18(11-9-17)24-20(26)19-12-13-22-21(25-19)23-14-16-6-4-3-5-7-16/h3-13,15H,14H2,1-2H3,(H,24,26)(H,22,23,25). The summed E-state index contributed by atoms with van der Waals surface area (Å²) in [5, 5.41) is 6.01. The zero-order valence-corrected chi connectivity index (χ0v) is 14.9. The number of benzene rings is 2. The van der Waals surface area contributed by atoms with Crippen LogP contribution < -0.4 is 10.6 Å². The van der Waals surface area contributed by atoms with E-state index in [1.165, 1.54) is 5.56 Å². The first-order chi connectivity index (χ1) is 12.6. The Bertz CT molecular complexity index is 861. The van der Waals surface area contributed by atoms with E-state index >= 15 is 0 Å². The van der Waals surface area contributed by atoms with Gasteiger partial charge in [0.2, 0.25) is 5.95 Å². The predicted octanol–water partition coefficient (Wildman–Crippen LogP) is 4.46. The fourth-order valence-electron chi connectivity index (χ4n) is 2.49. The molecule has 0 aliphatic carbocycles. The second-order valence-electron chi connectivity index (χ2n) is 6.34. The van der Waals surface area contributed by atoms with Gasteiger partial charge < -0.3 is 10.6 Å². The molecule has 1 heterocycles. The summed E-state index contributed by atoms with van der Waals surface area (Å²) in [7, 11) is 0. The molecular formula is C21H22N4O. The summed E-state index contributed by atoms with van der Waals surface area (Å²) in [4.78, 5) is 20.9. The van der Waals surface area contributed by atoms with Crippen LogP contribution in [-0.2, 0) is 6.54 Å². The van der Waals surface area contributed by atoms with E-state index < -0.39 is 0 Å². The van der Waals surface area contributed by atoms with Crippen LogP contribution >= 0.6 is 0 Å². The quantitative estimate of drug-likeness (QED) is 0.691. The first-order valence-corrected chi connectivity index (χ1v) is 8.64. The Hall–Kier alpha value is -3.21. The van der Waals surface area contributed by atoms with Crippen LogP contribution in [0.1, 0.15) is 41.4 Å². The van der Waals surface area contributed by atoms with Crippen LogP contribution in [0.25, 0.3) is 0 Å². The van der Waals surface area contributed by atoms with Gasteiger partial charge in [0.15, 0.2) is 0 Å². The van der Waals surface area contributed by atoms with Crippen molar-refractivity contribution in [2.45, 2.75) is 26.3 Å². The van der Waals surface area contributed by atoms with Crippen LogP contribution in [0.3, 0.4) is 0 Å². The van der Waals surface area contributed by atoms with E-state index in [1.807, 2.05) is 54.6 Å². The van der Waals surface area contributed by atoms with Gasteiger partial charge in [0.1, 0.15) is 5.69 Å². The molecule has 3 aromatic rings. The molecular weight excluding hydrogens is 324 g/mol. The van der Waals surface area contributed by atoms with Crippen molar-refractivity contribution in [1.82, 2.24) is 9.97 Å². The van der Waals surface area contributed by atoms with E-state index in [4.69, 9.17) is 0 Å². The highest BCUT2D eigenvalue weighted by molar-refractivity contribution is 6.02. The minimum atomic E-state index is -0.257. The number of amides is 1. The monoisotopic (exact) mass is 346 g/mol. The van der Waals surface area contributed by atoms with Gasteiger partial charge in [-0.2, -0.15) is 0 Å². The third kappa shape index (κ3) is 4.66. The smallest absolute Gasteiger partial charge is 0.274 e. The van der Waals surface area contributed by atoms with E-state index in [9.17, 15) is 4.79 Å². The van der Waals surface area contributed by atoms with E-state index in [0.717, 1.165) is 11.3 Å². The molecule has 0 bridgehead atoms. The van der Waals surface area contributed by atoms with Crippen LogP contribution in [0.2, 0.25) is 0 Å². The Morgan fingerprint density at radius 3 is 2.42 bits per heavy atom. The van der Waals surface area contributed by atoms with Crippen LogP contribution in [0.4, 0.5) is 11.6 Å². The van der Waals surface area contributed by atoms with Gasteiger partial charge in [-0.15, -0.1) is 0 Å². The number of hydrogen-bond donors (Lipinski definition) is 2. The minimum Gasteiger partial charge on any atom is -0.350 e. The lowest BCUT2D eigenvalue weighted by atomic mass is 10.0. The van der Waals surface area contributed by atoms with E-state index in [-0.39, 0.29) is 5.91 Å². The molecule has 2 aromatic carbocycles. The lowest BCUT2D eigenvalue weighted by Gasteiger charge is -2.09. The van der Waals surface area contributed by atoms with Gasteiger partial charge in [-0.05, 0) is 35.2 Å². The molecule has 0 radical (unpaired) electrons. The van der Waals surface area contributed by atoms with Gasteiger partial charge in [0, 0.05) is 18.4 Å². The second-order valence-corrected chi connectivity index (χ2v) is 6.34. The van der Waals surface area contributed by atoms with Crippen LogP contribution in [0, 0.1) is 0 Å². The minimum absolute atomic E-state index is 0.257. The highest BCUT2D eigenvalue weighted by Gasteiger charge is 2.09. The van der Waals surface area contributed by atoms with Gasteiger partial charge in [-0.1, -0.05) is 56.3 Å². The fourth-order valence-corrected chi connectivity index (χ4v) is 2.49. The van der Waals surface area contributed by atoms with Crippen molar-refractivity contribution in [3.05, 3.63) is 83.7 Å². The number of hydrogen-bond acceptors (Lipinski definition) is 4. The summed E-state index contributed by atoms with van der Waals surface area (Å²) in [6.07, 6.45) is 1.58. The molecule has 0 aliphatic rings. The van der Waals surface area contributed by atoms with Gasteiger partial charge in [-0.25, -0.2) is 9.97 Å². The second kappa shape index (κ2) is 8.25. The van der Waals surface area contributed by atoms with Crippen molar-refractivity contribution in [2.75, 3.05) is 10.6 Å². The summed E-state index contributed by atoms with van der Waals surface area (Å²) in [5.41, 5.74) is 3.42. The van der Waals surface area contributed by atoms with Crippen molar-refractivity contribution in [3.8, 4) is 0 Å². The topological polar surface area (TPSA) is 66.9 Å². The van der Waals surface area contributed by atoms with Crippen LogP contribution in [0.15, 0.2) is 66.9 Å². The molecule has 5 heteroatoms. The van der Waals surface area contributed by atoms with Crippen molar-refractivity contribution in [3.63, 3.8) is 0 Å². The predicted molar refractivity (Wildman–Crippen MR) is 104 cm³/mol. The Kier molecular flexibility index (Phi) is 5.59. The van der Waals surface area contributed by atoms with Crippen molar-refractivity contribution in [1.29, 1.82) is 0 Å². The summed E-state index contributed by atoms with van der Waals surface area (Å²) in [6, 6.07) is 19.4. The number of anilines is 2. The number of carbonyl (C=O) groups excluding carboxylic acids is 1. The normalized spacial score (nSPS) is 10.6. The van der Waals surface area contributed by atoms with Crippen molar-refractivity contribution < 1.29 is 4.79 Å². The molecule has 3 rings (SSSR count). The van der Waals surface area contributed by atoms with E-state index in [1.54, 1.807) is 12.3 Å². The summed E-state index contributed by atoms with van der Waals surface area (Å²) in [5.74, 6) is 0.629. The summed E-state index contributed by atoms with van der Waals surface area (Å²) in [6.45, 7) is 4.87. The Morgan fingerprint density at radius 2 is 1.73 bits per heavy atom. The SMILES string of the molecule is CC(C)c1ccc(NC(=O)c2ccnc(NCc3ccccc3)n2)cc1. The third-order valence-corrected chi connectivity index (χ3v) is 4.02. The maximum Gasteiger partial charge on any atom is 0.274 e. The first kappa shape index (κ1) is 17.6. The third-order valence-electron chi connectivity index (χ3n) is 4.02. The van der Waals surface area contributed by atoms with Crippen LogP contribution in [0.5, 0.6) is 0 Å². The van der Waals surface area contributed by atoms with Crippen LogP contribution in [-0.4, -0.2) is 15.9 Å². The molecule has 2 N–H and O–H groups in total. The first-order valence-electron chi connectivity index (χ1n) is 8.64. The van der Waals surface area contributed by atoms with Crippen molar-refractivity contribution in [2.24, 2.45) is 0 Å². The molecule has 0 spiro atoms. The zero-order chi connectivity index (χ0) is 18.4. The fraction of sp³-hybridized carbons (Fsp3) is 0.190. The highest BCUT2D eigenvalue weighted by Crippen LogP contribution is 2.17. The maximum atomic E-state index is 12.4. The lowest BCUT2D eigenvalue weighted by molar-refractivity contribution is 0.102. The Morgan fingerprint density at radius 1 is 1.00 bits per heavy atom. The average Bonchev–Trinajstić information content (AvgIpc) is 2.68. The molecule has 26 heavy (non-hydrogen) atoms. The number of nitrogens with zero attached hydrogens (tertiary/aromatic N) is 2. The lowest BCUT2D eigenvalue weighted by Crippen LogP contribution is -2.15. The number of rotatable bonds is 6. The van der Waals surface area contributed by atoms with E-state index in [0.29, 0.717) is 24.1 Å². The molecule has 0 atom stereocenters. The molecule has 0 fully saturated rings. The number of aromatic nitrogens is 2. The average molecular weight is 346 g/mol.